The Bertz CT molecular complexity index is 248. The van der Waals surface area contributed by atoms with Crippen molar-refractivity contribution in [3.8, 4) is 0 Å². The van der Waals surface area contributed by atoms with Crippen LogP contribution in [0, 0.1) is 0 Å². The van der Waals surface area contributed by atoms with Gasteiger partial charge in [-0.05, 0) is 25.8 Å². The molecule has 1 unspecified atom stereocenters. The lowest BCUT2D eigenvalue weighted by Crippen LogP contribution is -2.41. The molecule has 1 atom stereocenters. The van der Waals surface area contributed by atoms with Crippen molar-refractivity contribution in [2.45, 2.75) is 38.1 Å². The lowest BCUT2D eigenvalue weighted by Gasteiger charge is -2.35. The van der Waals surface area contributed by atoms with Crippen LogP contribution in [0.3, 0.4) is 0 Å². The Kier molecular flexibility index (Phi) is 8.79. The van der Waals surface area contributed by atoms with Gasteiger partial charge in [-0.1, -0.05) is 6.42 Å². The highest BCUT2D eigenvalue weighted by molar-refractivity contribution is 5.69. The van der Waals surface area contributed by atoms with Crippen molar-refractivity contribution in [2.75, 3.05) is 47.1 Å². The van der Waals surface area contributed by atoms with E-state index in [-0.39, 0.29) is 5.97 Å². The smallest absolute Gasteiger partial charge is 0.307 e. The van der Waals surface area contributed by atoms with Gasteiger partial charge >= 0.3 is 5.97 Å². The maximum Gasteiger partial charge on any atom is 0.307 e. The fourth-order valence-corrected chi connectivity index (χ4v) is 2.48. The van der Waals surface area contributed by atoms with E-state index in [0.29, 0.717) is 25.7 Å². The average molecular weight is 273 g/mol. The first-order valence-corrected chi connectivity index (χ1v) is 7.15. The maximum absolute atomic E-state index is 11.4. The Morgan fingerprint density at radius 3 is 2.79 bits per heavy atom. The summed E-state index contributed by atoms with van der Waals surface area (Å²) in [5.74, 6) is -0.103. The van der Waals surface area contributed by atoms with Crippen LogP contribution in [0.15, 0.2) is 0 Å². The first-order chi connectivity index (χ1) is 9.27. The van der Waals surface area contributed by atoms with Crippen molar-refractivity contribution in [1.29, 1.82) is 0 Å². The number of hydrogen-bond acceptors (Lipinski definition) is 5. The lowest BCUT2D eigenvalue weighted by atomic mass is 9.99. The van der Waals surface area contributed by atoms with E-state index in [9.17, 15) is 4.79 Å². The molecular weight excluding hydrogens is 246 g/mol. The van der Waals surface area contributed by atoms with Gasteiger partial charge < -0.3 is 14.2 Å². The fourth-order valence-electron chi connectivity index (χ4n) is 2.48. The molecule has 1 aliphatic rings. The van der Waals surface area contributed by atoms with Gasteiger partial charge in [-0.25, -0.2) is 0 Å². The summed E-state index contributed by atoms with van der Waals surface area (Å²) in [5, 5.41) is 0. The third-order valence-electron chi connectivity index (χ3n) is 3.54. The summed E-state index contributed by atoms with van der Waals surface area (Å²) in [6.45, 7) is 4.13. The average Bonchev–Trinajstić information content (AvgIpc) is 2.44. The van der Waals surface area contributed by atoms with E-state index in [1.165, 1.54) is 20.0 Å². The molecule has 1 aliphatic heterocycles. The minimum Gasteiger partial charge on any atom is -0.469 e. The van der Waals surface area contributed by atoms with Crippen LogP contribution in [0.25, 0.3) is 0 Å². The molecular formula is C14H27NO4. The van der Waals surface area contributed by atoms with E-state index in [2.05, 4.69) is 4.90 Å². The molecule has 0 N–H and O–H groups in total. The zero-order valence-corrected chi connectivity index (χ0v) is 12.2. The monoisotopic (exact) mass is 273 g/mol. The van der Waals surface area contributed by atoms with Crippen molar-refractivity contribution < 1.29 is 19.0 Å². The summed E-state index contributed by atoms with van der Waals surface area (Å²) >= 11 is 0. The molecule has 1 saturated heterocycles. The Morgan fingerprint density at radius 2 is 2.05 bits per heavy atom. The number of esters is 1. The van der Waals surface area contributed by atoms with Crippen molar-refractivity contribution in [3.05, 3.63) is 0 Å². The van der Waals surface area contributed by atoms with Gasteiger partial charge in [0.25, 0.3) is 0 Å². The number of likely N-dealkylation sites (tertiary alicyclic amines) is 1. The Balaban J connectivity index is 2.18. The molecule has 1 fully saturated rings. The molecule has 0 aromatic heterocycles. The summed E-state index contributed by atoms with van der Waals surface area (Å²) in [6, 6.07) is 0.347. The topological polar surface area (TPSA) is 48.0 Å². The molecule has 0 radical (unpaired) electrons. The number of carbonyl (C=O) groups is 1. The fraction of sp³-hybridized carbons (Fsp3) is 0.929. The number of nitrogens with zero attached hydrogens (tertiary/aromatic N) is 1. The van der Waals surface area contributed by atoms with E-state index >= 15 is 0 Å². The second kappa shape index (κ2) is 10.2. The third kappa shape index (κ3) is 6.89. The quantitative estimate of drug-likeness (QED) is 0.470. The van der Waals surface area contributed by atoms with Crippen LogP contribution in [0.2, 0.25) is 0 Å². The molecule has 112 valence electrons. The van der Waals surface area contributed by atoms with Crippen molar-refractivity contribution in [3.63, 3.8) is 0 Å². The molecule has 19 heavy (non-hydrogen) atoms. The minimum absolute atomic E-state index is 0.103. The van der Waals surface area contributed by atoms with Gasteiger partial charge in [-0.3, -0.25) is 9.69 Å². The molecule has 5 heteroatoms. The summed E-state index contributed by atoms with van der Waals surface area (Å²) in [4.78, 5) is 13.8. The van der Waals surface area contributed by atoms with E-state index in [0.717, 1.165) is 32.5 Å². The minimum atomic E-state index is -0.103. The first-order valence-electron chi connectivity index (χ1n) is 7.15. The number of piperidine rings is 1. The van der Waals surface area contributed by atoms with Crippen molar-refractivity contribution in [2.24, 2.45) is 0 Å². The van der Waals surface area contributed by atoms with Crippen LogP contribution in [0.4, 0.5) is 0 Å². The van der Waals surface area contributed by atoms with Crippen LogP contribution in [0.5, 0.6) is 0 Å². The van der Waals surface area contributed by atoms with Gasteiger partial charge in [-0.2, -0.15) is 0 Å². The highest BCUT2D eigenvalue weighted by Crippen LogP contribution is 2.20. The highest BCUT2D eigenvalue weighted by atomic mass is 16.5. The van der Waals surface area contributed by atoms with E-state index in [1.54, 1.807) is 7.11 Å². The number of rotatable bonds is 9. The zero-order chi connectivity index (χ0) is 13.9. The van der Waals surface area contributed by atoms with E-state index in [4.69, 9.17) is 14.2 Å². The SMILES string of the molecule is COCCOCCCN1CCCCC1CC(=O)OC. The molecule has 0 aromatic rings. The summed E-state index contributed by atoms with van der Waals surface area (Å²) in [6.07, 6.45) is 5.05. The van der Waals surface area contributed by atoms with Crippen LogP contribution >= 0.6 is 0 Å². The Morgan fingerprint density at radius 1 is 1.21 bits per heavy atom. The van der Waals surface area contributed by atoms with Gasteiger partial charge in [0.05, 0.1) is 26.7 Å². The van der Waals surface area contributed by atoms with Crippen LogP contribution < -0.4 is 0 Å². The molecule has 1 rings (SSSR count). The molecule has 0 bridgehead atoms. The van der Waals surface area contributed by atoms with E-state index < -0.39 is 0 Å². The highest BCUT2D eigenvalue weighted by Gasteiger charge is 2.24. The number of ether oxygens (including phenoxy) is 3. The summed E-state index contributed by atoms with van der Waals surface area (Å²) < 4.78 is 15.2. The van der Waals surface area contributed by atoms with Gasteiger partial charge in [0.15, 0.2) is 0 Å². The van der Waals surface area contributed by atoms with E-state index in [1.807, 2.05) is 0 Å². The maximum atomic E-state index is 11.4. The largest absolute Gasteiger partial charge is 0.469 e. The summed E-state index contributed by atoms with van der Waals surface area (Å²) in [7, 11) is 3.13. The summed E-state index contributed by atoms with van der Waals surface area (Å²) in [5.41, 5.74) is 0. The lowest BCUT2D eigenvalue weighted by molar-refractivity contribution is -0.142. The second-order valence-electron chi connectivity index (χ2n) is 4.92. The van der Waals surface area contributed by atoms with Gasteiger partial charge in [0.1, 0.15) is 0 Å². The third-order valence-corrected chi connectivity index (χ3v) is 3.54. The van der Waals surface area contributed by atoms with Gasteiger partial charge in [-0.15, -0.1) is 0 Å². The van der Waals surface area contributed by atoms with Gasteiger partial charge in [0, 0.05) is 26.3 Å². The first kappa shape index (κ1) is 16.4. The van der Waals surface area contributed by atoms with Crippen molar-refractivity contribution in [1.82, 2.24) is 4.90 Å². The van der Waals surface area contributed by atoms with Crippen LogP contribution in [-0.2, 0) is 19.0 Å². The number of methoxy groups -OCH3 is 2. The molecule has 5 nitrogen and oxygen atoms in total. The predicted octanol–water partition coefficient (Wildman–Crippen LogP) is 1.46. The molecule has 0 spiro atoms. The normalized spacial score (nSPS) is 20.4. The predicted molar refractivity (Wildman–Crippen MR) is 73.2 cm³/mol. The van der Waals surface area contributed by atoms with Gasteiger partial charge in [0.2, 0.25) is 0 Å². The molecule has 0 amide bonds. The standard InChI is InChI=1S/C14H27NO4/c1-17-10-11-19-9-5-8-15-7-4-3-6-13(15)12-14(16)18-2/h13H,3-12H2,1-2H3. The van der Waals surface area contributed by atoms with Crippen molar-refractivity contribution >= 4 is 5.97 Å². The Hall–Kier alpha value is -0.650. The Labute approximate surface area is 116 Å². The second-order valence-corrected chi connectivity index (χ2v) is 4.92. The number of hydrogen-bond donors (Lipinski definition) is 0. The molecule has 0 aromatic carbocycles. The molecule has 1 heterocycles. The zero-order valence-electron chi connectivity index (χ0n) is 12.2. The van der Waals surface area contributed by atoms with Crippen LogP contribution in [0.1, 0.15) is 32.1 Å². The molecule has 0 saturated carbocycles. The number of carbonyl (C=O) groups excluding carboxylic acids is 1. The molecule has 0 aliphatic carbocycles. The van der Waals surface area contributed by atoms with Crippen LogP contribution in [-0.4, -0.2) is 64.0 Å².